The van der Waals surface area contributed by atoms with Gasteiger partial charge in [-0.2, -0.15) is 0 Å². The van der Waals surface area contributed by atoms with Gasteiger partial charge in [0.2, 0.25) is 0 Å². The summed E-state index contributed by atoms with van der Waals surface area (Å²) in [5, 5.41) is 3.23. The zero-order valence-corrected chi connectivity index (χ0v) is 12.8. The van der Waals surface area contributed by atoms with Crippen molar-refractivity contribution in [1.82, 2.24) is 9.55 Å². The molecule has 0 bridgehead atoms. The topological polar surface area (TPSA) is 46.9 Å². The van der Waals surface area contributed by atoms with Gasteiger partial charge >= 0.3 is 0 Å². The van der Waals surface area contributed by atoms with E-state index in [-0.39, 0.29) is 11.6 Å². The maximum atomic E-state index is 12.2. The van der Waals surface area contributed by atoms with Gasteiger partial charge in [0, 0.05) is 25.0 Å². The van der Waals surface area contributed by atoms with Crippen LogP contribution in [0, 0.1) is 11.8 Å². The lowest BCUT2D eigenvalue weighted by molar-refractivity contribution is 0.506. The molecule has 4 heteroatoms. The molecular formula is C15H27N3O. The van der Waals surface area contributed by atoms with Gasteiger partial charge in [0.1, 0.15) is 0 Å². The van der Waals surface area contributed by atoms with Gasteiger partial charge in [0.25, 0.3) is 5.56 Å². The van der Waals surface area contributed by atoms with Crippen molar-refractivity contribution >= 4 is 5.82 Å². The Bertz CT molecular complexity index is 437. The van der Waals surface area contributed by atoms with E-state index in [1.807, 2.05) is 0 Å². The normalized spacial score (nSPS) is 13.0. The number of nitrogens with zero attached hydrogens (tertiary/aromatic N) is 2. The molecule has 0 spiro atoms. The van der Waals surface area contributed by atoms with Crippen LogP contribution in [0.4, 0.5) is 5.82 Å². The monoisotopic (exact) mass is 265 g/mol. The molecule has 1 heterocycles. The summed E-state index contributed by atoms with van der Waals surface area (Å²) in [7, 11) is 0. The molecule has 1 N–H and O–H groups in total. The van der Waals surface area contributed by atoms with Gasteiger partial charge in [-0.15, -0.1) is 0 Å². The van der Waals surface area contributed by atoms with Crippen molar-refractivity contribution in [2.75, 3.05) is 5.32 Å². The Morgan fingerprint density at radius 1 is 1.16 bits per heavy atom. The molecule has 0 aliphatic rings. The molecule has 0 aromatic carbocycles. The highest BCUT2D eigenvalue weighted by atomic mass is 16.1. The number of hydrogen-bond donors (Lipinski definition) is 1. The maximum absolute atomic E-state index is 12.2. The summed E-state index contributed by atoms with van der Waals surface area (Å²) in [5.74, 6) is 1.61. The summed E-state index contributed by atoms with van der Waals surface area (Å²) in [4.78, 5) is 16.4. The number of aromatic nitrogens is 2. The molecule has 4 nitrogen and oxygen atoms in total. The lowest BCUT2D eigenvalue weighted by Gasteiger charge is -2.16. The molecular weight excluding hydrogens is 238 g/mol. The Labute approximate surface area is 116 Å². The van der Waals surface area contributed by atoms with Crippen LogP contribution in [0.1, 0.15) is 47.5 Å². The lowest BCUT2D eigenvalue weighted by atomic mass is 10.0. The fraction of sp³-hybridized carbons (Fsp3) is 0.733. The number of anilines is 1. The zero-order valence-electron chi connectivity index (χ0n) is 12.8. The highest BCUT2D eigenvalue weighted by Gasteiger charge is 2.09. The Kier molecular flexibility index (Phi) is 6.06. The molecule has 0 radical (unpaired) electrons. The fourth-order valence-electron chi connectivity index (χ4n) is 1.97. The minimum atomic E-state index is -0.0207. The van der Waals surface area contributed by atoms with Gasteiger partial charge in [0.05, 0.1) is 0 Å². The first kappa shape index (κ1) is 15.7. The Balaban J connectivity index is 2.70. The summed E-state index contributed by atoms with van der Waals surface area (Å²) in [6, 6.07) is 0.275. The van der Waals surface area contributed by atoms with E-state index in [9.17, 15) is 4.79 Å². The molecule has 1 aromatic rings. The minimum absolute atomic E-state index is 0.0207. The van der Waals surface area contributed by atoms with E-state index in [1.165, 1.54) is 0 Å². The van der Waals surface area contributed by atoms with E-state index in [4.69, 9.17) is 0 Å². The largest absolute Gasteiger partial charge is 0.363 e. The van der Waals surface area contributed by atoms with Crippen molar-refractivity contribution in [2.24, 2.45) is 11.8 Å². The van der Waals surface area contributed by atoms with Gasteiger partial charge in [-0.3, -0.25) is 4.79 Å². The van der Waals surface area contributed by atoms with Crippen LogP contribution in [-0.4, -0.2) is 15.6 Å². The second-order valence-electron chi connectivity index (χ2n) is 6.14. The molecule has 0 aliphatic heterocycles. The van der Waals surface area contributed by atoms with Gasteiger partial charge in [-0.25, -0.2) is 4.98 Å². The minimum Gasteiger partial charge on any atom is -0.363 e. The van der Waals surface area contributed by atoms with Crippen molar-refractivity contribution in [1.29, 1.82) is 0 Å². The van der Waals surface area contributed by atoms with Crippen LogP contribution >= 0.6 is 0 Å². The maximum Gasteiger partial charge on any atom is 0.293 e. The average Bonchev–Trinajstić information content (AvgIpc) is 2.31. The van der Waals surface area contributed by atoms with E-state index >= 15 is 0 Å². The standard InChI is InChI=1S/C15H27N3O/c1-11(2)6-7-13(5)17-14-15(19)18(9-8-16-14)10-12(3)4/h8-9,11-13H,6-7,10H2,1-5H3,(H,16,17). The second kappa shape index (κ2) is 7.31. The van der Waals surface area contributed by atoms with Crippen LogP contribution in [0.15, 0.2) is 17.2 Å². The van der Waals surface area contributed by atoms with Gasteiger partial charge < -0.3 is 9.88 Å². The van der Waals surface area contributed by atoms with Crippen LogP contribution in [0.2, 0.25) is 0 Å². The third-order valence-electron chi connectivity index (χ3n) is 3.04. The van der Waals surface area contributed by atoms with Crippen LogP contribution in [0.3, 0.4) is 0 Å². The second-order valence-corrected chi connectivity index (χ2v) is 6.14. The Hall–Kier alpha value is -1.32. The van der Waals surface area contributed by atoms with Gasteiger partial charge in [-0.1, -0.05) is 27.7 Å². The smallest absolute Gasteiger partial charge is 0.293 e. The first-order valence-electron chi connectivity index (χ1n) is 7.22. The quantitative estimate of drug-likeness (QED) is 0.824. The van der Waals surface area contributed by atoms with Crippen LogP contribution in [-0.2, 0) is 6.54 Å². The first-order chi connectivity index (χ1) is 8.90. The van der Waals surface area contributed by atoms with E-state index < -0.39 is 0 Å². The molecule has 1 aromatic heterocycles. The number of hydrogen-bond acceptors (Lipinski definition) is 3. The molecule has 0 fully saturated rings. The Morgan fingerprint density at radius 3 is 2.42 bits per heavy atom. The number of rotatable bonds is 7. The summed E-state index contributed by atoms with van der Waals surface area (Å²) in [5.41, 5.74) is -0.0207. The van der Waals surface area contributed by atoms with E-state index in [0.29, 0.717) is 17.7 Å². The fourth-order valence-corrected chi connectivity index (χ4v) is 1.97. The average molecular weight is 265 g/mol. The van der Waals surface area contributed by atoms with Crippen LogP contribution < -0.4 is 10.9 Å². The molecule has 0 saturated carbocycles. The SMILES string of the molecule is CC(C)CCC(C)Nc1nccn(CC(C)C)c1=O. The van der Waals surface area contributed by atoms with Crippen molar-refractivity contribution in [3.8, 4) is 0 Å². The Morgan fingerprint density at radius 2 is 1.84 bits per heavy atom. The van der Waals surface area contributed by atoms with Crippen molar-refractivity contribution in [2.45, 2.75) is 60.0 Å². The molecule has 0 amide bonds. The number of nitrogens with one attached hydrogen (secondary N) is 1. The summed E-state index contributed by atoms with van der Waals surface area (Å²) >= 11 is 0. The molecule has 1 rings (SSSR count). The lowest BCUT2D eigenvalue weighted by Crippen LogP contribution is -2.29. The third kappa shape index (κ3) is 5.45. The summed E-state index contributed by atoms with van der Waals surface area (Å²) in [6.45, 7) is 11.5. The van der Waals surface area contributed by atoms with Crippen molar-refractivity contribution in [3.05, 3.63) is 22.7 Å². The predicted molar refractivity (Wildman–Crippen MR) is 80.5 cm³/mol. The predicted octanol–water partition coefficient (Wildman–Crippen LogP) is 3.14. The van der Waals surface area contributed by atoms with Gasteiger partial charge in [-0.05, 0) is 31.6 Å². The molecule has 19 heavy (non-hydrogen) atoms. The third-order valence-corrected chi connectivity index (χ3v) is 3.04. The van der Waals surface area contributed by atoms with Crippen molar-refractivity contribution in [3.63, 3.8) is 0 Å². The highest BCUT2D eigenvalue weighted by molar-refractivity contribution is 5.31. The zero-order chi connectivity index (χ0) is 14.4. The van der Waals surface area contributed by atoms with Gasteiger partial charge in [0.15, 0.2) is 5.82 Å². The molecule has 0 saturated heterocycles. The molecule has 1 atom stereocenters. The summed E-state index contributed by atoms with van der Waals surface area (Å²) < 4.78 is 1.73. The molecule has 0 aliphatic carbocycles. The summed E-state index contributed by atoms with van der Waals surface area (Å²) in [6.07, 6.45) is 5.66. The van der Waals surface area contributed by atoms with E-state index in [2.05, 4.69) is 44.9 Å². The first-order valence-corrected chi connectivity index (χ1v) is 7.22. The van der Waals surface area contributed by atoms with E-state index in [0.717, 1.165) is 19.4 Å². The molecule has 108 valence electrons. The van der Waals surface area contributed by atoms with E-state index in [1.54, 1.807) is 17.0 Å². The van der Waals surface area contributed by atoms with Crippen LogP contribution in [0.25, 0.3) is 0 Å². The van der Waals surface area contributed by atoms with Crippen molar-refractivity contribution < 1.29 is 0 Å². The van der Waals surface area contributed by atoms with Crippen LogP contribution in [0.5, 0.6) is 0 Å². The molecule has 1 unspecified atom stereocenters. The highest BCUT2D eigenvalue weighted by Crippen LogP contribution is 2.09.